The van der Waals surface area contributed by atoms with Crippen LogP contribution in [0.4, 0.5) is 0 Å². The van der Waals surface area contributed by atoms with E-state index < -0.39 is 41.2 Å². The molecule has 0 bridgehead atoms. The summed E-state index contributed by atoms with van der Waals surface area (Å²) in [5.41, 5.74) is -0.675. The summed E-state index contributed by atoms with van der Waals surface area (Å²) in [5.74, 6) is -4.84. The molecule has 0 aliphatic carbocycles. The Labute approximate surface area is 166 Å². The van der Waals surface area contributed by atoms with Gasteiger partial charge in [-0.25, -0.2) is 0 Å². The number of aromatic hydroxyl groups is 2. The Bertz CT molecular complexity index is 1010. The van der Waals surface area contributed by atoms with Crippen LogP contribution in [0, 0.1) is 11.8 Å². The number of carboxylic acids is 1. The van der Waals surface area contributed by atoms with Crippen molar-refractivity contribution in [2.24, 2.45) is 11.8 Å². The monoisotopic (exact) mass is 396 g/mol. The van der Waals surface area contributed by atoms with Crippen molar-refractivity contribution in [2.75, 3.05) is 0 Å². The summed E-state index contributed by atoms with van der Waals surface area (Å²) in [6.07, 6.45) is 0. The highest BCUT2D eigenvalue weighted by molar-refractivity contribution is 6.09. The number of phenols is 2. The first kappa shape index (κ1) is 18.9. The number of nitrogens with zero attached hydrogens (tertiary/aromatic N) is 1. The first-order chi connectivity index (χ1) is 13.7. The van der Waals surface area contributed by atoms with E-state index in [4.69, 9.17) is 0 Å². The number of carboxylic acid groups (broad SMARTS) is 1. The molecule has 8 heteroatoms. The van der Waals surface area contributed by atoms with Gasteiger partial charge in [0.05, 0.1) is 18.4 Å². The van der Waals surface area contributed by atoms with Gasteiger partial charge in [-0.05, 0) is 18.6 Å². The van der Waals surface area contributed by atoms with Crippen molar-refractivity contribution < 1.29 is 29.7 Å². The average molecular weight is 396 g/mol. The Morgan fingerprint density at radius 3 is 2.41 bits per heavy atom. The molecule has 4 atom stereocenters. The van der Waals surface area contributed by atoms with E-state index in [0.717, 1.165) is 16.5 Å². The number of amides is 2. The number of rotatable bonds is 4. The zero-order chi connectivity index (χ0) is 20.9. The number of aliphatic carboxylic acids is 1. The summed E-state index contributed by atoms with van der Waals surface area (Å²) in [6.45, 7) is 1.43. The maximum absolute atomic E-state index is 13.2. The molecule has 2 aromatic carbocycles. The molecule has 4 N–H and O–H groups in total. The number of phenolic OH excluding ortho intramolecular Hbond substituents is 2. The van der Waals surface area contributed by atoms with Crippen molar-refractivity contribution in [1.82, 2.24) is 10.2 Å². The van der Waals surface area contributed by atoms with E-state index >= 15 is 0 Å². The molecule has 2 aliphatic heterocycles. The molecule has 2 aromatic rings. The minimum atomic E-state index is -1.68. The molecule has 0 aromatic heterocycles. The number of nitrogens with one attached hydrogen (secondary N) is 1. The van der Waals surface area contributed by atoms with Gasteiger partial charge in [0, 0.05) is 17.7 Å². The molecule has 0 unspecified atom stereocenters. The molecule has 0 spiro atoms. The topological polar surface area (TPSA) is 127 Å². The lowest BCUT2D eigenvalue weighted by Gasteiger charge is -2.27. The summed E-state index contributed by atoms with van der Waals surface area (Å²) >= 11 is 0. The standard InChI is InChI=1S/C21H20N2O6/c1-21(20(28)29)16-15(17(22-21)13-8-7-12(24)9-14(13)25)18(26)23(19(16)27)10-11-5-3-2-4-6-11/h2-9,15-17,22,24-25H,10H2,1H3,(H,28,29)/t15-,16-,17+,21-/m0/s1. The van der Waals surface area contributed by atoms with E-state index in [-0.39, 0.29) is 23.6 Å². The highest BCUT2D eigenvalue weighted by Crippen LogP contribution is 2.50. The predicted molar refractivity (Wildman–Crippen MR) is 101 cm³/mol. The molecule has 8 nitrogen and oxygen atoms in total. The van der Waals surface area contributed by atoms with Gasteiger partial charge in [0.25, 0.3) is 0 Å². The molecule has 29 heavy (non-hydrogen) atoms. The fourth-order valence-corrected chi connectivity index (χ4v) is 4.38. The molecule has 4 rings (SSSR count). The molecule has 0 radical (unpaired) electrons. The summed E-state index contributed by atoms with van der Waals surface area (Å²) < 4.78 is 0. The van der Waals surface area contributed by atoms with Crippen LogP contribution >= 0.6 is 0 Å². The Morgan fingerprint density at radius 2 is 1.79 bits per heavy atom. The molecule has 2 amide bonds. The summed E-state index contributed by atoms with van der Waals surface area (Å²) in [7, 11) is 0. The Hall–Kier alpha value is -3.39. The van der Waals surface area contributed by atoms with Crippen LogP contribution in [0.5, 0.6) is 11.5 Å². The third-order valence-electron chi connectivity index (χ3n) is 5.86. The number of carbonyl (C=O) groups is 3. The van der Waals surface area contributed by atoms with Crippen LogP contribution in [0.25, 0.3) is 0 Å². The average Bonchev–Trinajstić information content (AvgIpc) is 3.12. The summed E-state index contributed by atoms with van der Waals surface area (Å²) in [6, 6.07) is 12.0. The summed E-state index contributed by atoms with van der Waals surface area (Å²) in [4.78, 5) is 39.5. The van der Waals surface area contributed by atoms with E-state index in [2.05, 4.69) is 5.32 Å². The number of carbonyl (C=O) groups excluding carboxylic acids is 2. The first-order valence-electron chi connectivity index (χ1n) is 9.16. The van der Waals surface area contributed by atoms with E-state index in [0.29, 0.717) is 0 Å². The van der Waals surface area contributed by atoms with E-state index in [9.17, 15) is 29.7 Å². The van der Waals surface area contributed by atoms with Crippen LogP contribution in [0.3, 0.4) is 0 Å². The van der Waals surface area contributed by atoms with Crippen molar-refractivity contribution in [3.8, 4) is 11.5 Å². The van der Waals surface area contributed by atoms with Crippen molar-refractivity contribution in [1.29, 1.82) is 0 Å². The first-order valence-corrected chi connectivity index (χ1v) is 9.16. The van der Waals surface area contributed by atoms with Gasteiger partial charge in [-0.1, -0.05) is 36.4 Å². The lowest BCUT2D eigenvalue weighted by molar-refractivity contribution is -0.150. The number of hydrogen-bond donors (Lipinski definition) is 4. The second-order valence-corrected chi connectivity index (χ2v) is 7.62. The van der Waals surface area contributed by atoms with Gasteiger partial charge in [-0.2, -0.15) is 0 Å². The normalized spacial score (nSPS) is 28.6. The van der Waals surface area contributed by atoms with E-state index in [1.54, 1.807) is 24.3 Å². The molecule has 2 heterocycles. The van der Waals surface area contributed by atoms with Gasteiger partial charge in [0.1, 0.15) is 17.0 Å². The van der Waals surface area contributed by atoms with E-state index in [1.165, 1.54) is 19.1 Å². The van der Waals surface area contributed by atoms with Crippen LogP contribution < -0.4 is 5.32 Å². The van der Waals surface area contributed by atoms with Gasteiger partial charge < -0.3 is 15.3 Å². The van der Waals surface area contributed by atoms with Gasteiger partial charge in [0.15, 0.2) is 0 Å². The molecule has 2 fully saturated rings. The van der Waals surface area contributed by atoms with Crippen LogP contribution in [0.2, 0.25) is 0 Å². The predicted octanol–water partition coefficient (Wildman–Crippen LogP) is 1.39. The second-order valence-electron chi connectivity index (χ2n) is 7.62. The molecular weight excluding hydrogens is 376 g/mol. The molecule has 2 aliphatic rings. The van der Waals surface area contributed by atoms with Crippen molar-refractivity contribution in [2.45, 2.75) is 25.0 Å². The lowest BCUT2D eigenvalue weighted by atomic mass is 9.80. The van der Waals surface area contributed by atoms with Crippen LogP contribution in [-0.4, -0.2) is 43.5 Å². The summed E-state index contributed by atoms with van der Waals surface area (Å²) in [5, 5.41) is 32.5. The zero-order valence-electron chi connectivity index (χ0n) is 15.6. The van der Waals surface area contributed by atoms with Gasteiger partial charge >= 0.3 is 5.97 Å². The largest absolute Gasteiger partial charge is 0.508 e. The SMILES string of the molecule is C[C@]1(C(=O)O)N[C@H](c2ccc(O)cc2O)[C@H]2C(=O)N(Cc3ccccc3)C(=O)[C@H]21. The van der Waals surface area contributed by atoms with Crippen molar-refractivity contribution >= 4 is 17.8 Å². The highest BCUT2D eigenvalue weighted by Gasteiger charge is 2.66. The van der Waals surface area contributed by atoms with Gasteiger partial charge in [0.2, 0.25) is 11.8 Å². The second kappa shape index (κ2) is 6.59. The third kappa shape index (κ3) is 2.84. The number of hydrogen-bond acceptors (Lipinski definition) is 6. The maximum Gasteiger partial charge on any atom is 0.324 e. The van der Waals surface area contributed by atoms with Gasteiger partial charge in [-0.3, -0.25) is 24.6 Å². The number of imide groups is 1. The number of likely N-dealkylation sites (tertiary alicyclic amines) is 1. The molecule has 150 valence electrons. The third-order valence-corrected chi connectivity index (χ3v) is 5.86. The Morgan fingerprint density at radius 1 is 1.10 bits per heavy atom. The fraction of sp³-hybridized carbons (Fsp3) is 0.286. The van der Waals surface area contributed by atoms with Crippen LogP contribution in [0.15, 0.2) is 48.5 Å². The maximum atomic E-state index is 13.2. The van der Waals surface area contributed by atoms with Crippen molar-refractivity contribution in [3.05, 3.63) is 59.7 Å². The van der Waals surface area contributed by atoms with Crippen LogP contribution in [-0.2, 0) is 20.9 Å². The van der Waals surface area contributed by atoms with E-state index in [1.807, 2.05) is 6.07 Å². The lowest BCUT2D eigenvalue weighted by Crippen LogP contribution is -2.53. The quantitative estimate of drug-likeness (QED) is 0.575. The Kier molecular flexibility index (Phi) is 4.31. The number of benzene rings is 2. The minimum absolute atomic E-state index is 0.0511. The minimum Gasteiger partial charge on any atom is -0.508 e. The smallest absolute Gasteiger partial charge is 0.324 e. The Balaban J connectivity index is 1.77. The number of fused-ring (bicyclic) bond motifs is 1. The van der Waals surface area contributed by atoms with Gasteiger partial charge in [-0.15, -0.1) is 0 Å². The molecule has 0 saturated carbocycles. The highest BCUT2D eigenvalue weighted by atomic mass is 16.4. The van der Waals surface area contributed by atoms with Crippen LogP contribution in [0.1, 0.15) is 24.1 Å². The van der Waals surface area contributed by atoms with Crippen molar-refractivity contribution in [3.63, 3.8) is 0 Å². The zero-order valence-corrected chi connectivity index (χ0v) is 15.6. The molecule has 2 saturated heterocycles. The fourth-order valence-electron chi connectivity index (χ4n) is 4.38. The molecular formula is C21H20N2O6.